The van der Waals surface area contributed by atoms with Crippen LogP contribution in [0.2, 0.25) is 0 Å². The van der Waals surface area contributed by atoms with Crippen molar-refractivity contribution in [1.82, 2.24) is 9.88 Å². The number of amides is 1. The fourth-order valence-electron chi connectivity index (χ4n) is 3.09. The summed E-state index contributed by atoms with van der Waals surface area (Å²) >= 11 is 0. The number of sulfonamides is 1. The van der Waals surface area contributed by atoms with Crippen LogP contribution in [0.4, 0.5) is 5.69 Å². The Morgan fingerprint density at radius 1 is 1.37 bits per heavy atom. The molecule has 9 nitrogen and oxygen atoms in total. The molecule has 1 aliphatic rings. The lowest BCUT2D eigenvalue weighted by molar-refractivity contribution is -0.114. The Morgan fingerprint density at radius 3 is 2.83 bits per heavy atom. The van der Waals surface area contributed by atoms with Crippen LogP contribution in [-0.2, 0) is 19.6 Å². The van der Waals surface area contributed by atoms with Crippen LogP contribution in [-0.4, -0.2) is 45.8 Å². The van der Waals surface area contributed by atoms with Gasteiger partial charge in [0, 0.05) is 20.1 Å². The van der Waals surface area contributed by atoms with E-state index in [0.29, 0.717) is 29.3 Å². The maximum absolute atomic E-state index is 12.8. The monoisotopic (exact) mass is 435 g/mol. The van der Waals surface area contributed by atoms with E-state index in [1.807, 2.05) is 0 Å². The lowest BCUT2D eigenvalue weighted by Gasteiger charge is -2.14. The van der Waals surface area contributed by atoms with Gasteiger partial charge < -0.3 is 19.3 Å². The third-order valence-corrected chi connectivity index (χ3v) is 6.06. The van der Waals surface area contributed by atoms with E-state index in [1.165, 1.54) is 20.1 Å². The smallest absolute Gasteiger partial charge is 0.244 e. The molecule has 1 saturated heterocycles. The Labute approximate surface area is 175 Å². The highest BCUT2D eigenvalue weighted by Gasteiger charge is 2.23. The quantitative estimate of drug-likeness (QED) is 0.654. The van der Waals surface area contributed by atoms with Crippen molar-refractivity contribution in [1.29, 1.82) is 0 Å². The Balaban J connectivity index is 1.84. The summed E-state index contributed by atoms with van der Waals surface area (Å²) in [4.78, 5) is 11.4. The molecule has 162 valence electrons. The number of hydrogen-bond acceptors (Lipinski definition) is 7. The normalized spacial score (nSPS) is 16.8. The Kier molecular flexibility index (Phi) is 6.91. The molecule has 1 aromatic heterocycles. The Hall–Kier alpha value is -2.69. The van der Waals surface area contributed by atoms with Gasteiger partial charge in [-0.2, -0.15) is 0 Å². The van der Waals surface area contributed by atoms with Gasteiger partial charge in [0.05, 0.1) is 13.2 Å². The molecule has 3 rings (SSSR count). The van der Waals surface area contributed by atoms with E-state index < -0.39 is 10.0 Å². The van der Waals surface area contributed by atoms with E-state index in [4.69, 9.17) is 14.0 Å². The van der Waals surface area contributed by atoms with E-state index in [1.54, 1.807) is 31.2 Å². The van der Waals surface area contributed by atoms with Crippen LogP contribution in [0.15, 0.2) is 27.6 Å². The molecular weight excluding hydrogens is 410 g/mol. The third kappa shape index (κ3) is 5.26. The number of benzene rings is 1. The highest BCUT2D eigenvalue weighted by Crippen LogP contribution is 2.27. The molecule has 0 spiro atoms. The number of nitrogens with one attached hydrogen (secondary N) is 2. The average Bonchev–Trinajstić information content (AvgIpc) is 3.35. The van der Waals surface area contributed by atoms with E-state index in [9.17, 15) is 13.2 Å². The summed E-state index contributed by atoms with van der Waals surface area (Å²) in [6, 6.07) is 4.81. The molecule has 10 heteroatoms. The van der Waals surface area contributed by atoms with Crippen LogP contribution in [0.1, 0.15) is 36.8 Å². The molecule has 0 bridgehead atoms. The first-order valence-corrected chi connectivity index (χ1v) is 11.0. The van der Waals surface area contributed by atoms with Gasteiger partial charge in [-0.1, -0.05) is 17.3 Å². The molecule has 1 fully saturated rings. The van der Waals surface area contributed by atoms with Crippen LogP contribution < -0.4 is 14.8 Å². The van der Waals surface area contributed by atoms with Gasteiger partial charge in [0.15, 0.2) is 5.76 Å². The molecule has 0 saturated carbocycles. The topological polar surface area (TPSA) is 120 Å². The van der Waals surface area contributed by atoms with Gasteiger partial charge in [0.2, 0.25) is 15.9 Å². The summed E-state index contributed by atoms with van der Waals surface area (Å²) in [6.07, 6.45) is 4.93. The van der Waals surface area contributed by atoms with Gasteiger partial charge in [0.25, 0.3) is 0 Å². The van der Waals surface area contributed by atoms with Crippen LogP contribution in [0.25, 0.3) is 12.2 Å². The average molecular weight is 436 g/mol. The van der Waals surface area contributed by atoms with Crippen molar-refractivity contribution < 1.29 is 27.2 Å². The summed E-state index contributed by atoms with van der Waals surface area (Å²) < 4.78 is 44.2. The minimum absolute atomic E-state index is 0.0287. The summed E-state index contributed by atoms with van der Waals surface area (Å²) in [6.45, 7) is 3.97. The van der Waals surface area contributed by atoms with Crippen molar-refractivity contribution >= 4 is 33.8 Å². The summed E-state index contributed by atoms with van der Waals surface area (Å²) in [5.41, 5.74) is 1.62. The molecule has 0 aliphatic carbocycles. The number of nitrogens with zero attached hydrogens (tertiary/aromatic N) is 1. The highest BCUT2D eigenvalue weighted by atomic mass is 32.2. The molecule has 30 heavy (non-hydrogen) atoms. The van der Waals surface area contributed by atoms with Gasteiger partial charge in [-0.15, -0.1) is 0 Å². The van der Waals surface area contributed by atoms with E-state index in [2.05, 4.69) is 15.2 Å². The Bertz CT molecular complexity index is 1040. The highest BCUT2D eigenvalue weighted by molar-refractivity contribution is 7.89. The van der Waals surface area contributed by atoms with E-state index in [-0.39, 0.29) is 29.2 Å². The zero-order valence-electron chi connectivity index (χ0n) is 17.1. The molecule has 0 radical (unpaired) electrons. The predicted molar refractivity (Wildman–Crippen MR) is 112 cm³/mol. The van der Waals surface area contributed by atoms with Crippen LogP contribution in [0.3, 0.4) is 0 Å². The van der Waals surface area contributed by atoms with Crippen molar-refractivity contribution in [3.05, 3.63) is 35.2 Å². The second-order valence-electron chi connectivity index (χ2n) is 6.92. The van der Waals surface area contributed by atoms with Gasteiger partial charge in [-0.3, -0.25) is 4.79 Å². The minimum atomic E-state index is -3.80. The fraction of sp³-hybridized carbons (Fsp3) is 0.400. The van der Waals surface area contributed by atoms with Crippen molar-refractivity contribution in [3.8, 4) is 5.75 Å². The van der Waals surface area contributed by atoms with Gasteiger partial charge in [0.1, 0.15) is 22.0 Å². The van der Waals surface area contributed by atoms with Crippen molar-refractivity contribution in [3.63, 3.8) is 0 Å². The van der Waals surface area contributed by atoms with Gasteiger partial charge in [-0.05, 0) is 43.5 Å². The summed E-state index contributed by atoms with van der Waals surface area (Å²) in [5, 5.41) is 6.52. The van der Waals surface area contributed by atoms with Crippen molar-refractivity contribution in [2.45, 2.75) is 37.7 Å². The molecule has 2 heterocycles. The fourth-order valence-corrected chi connectivity index (χ4v) is 4.36. The first-order valence-electron chi connectivity index (χ1n) is 9.51. The lowest BCUT2D eigenvalue weighted by atomic mass is 10.2. The van der Waals surface area contributed by atoms with Crippen LogP contribution >= 0.6 is 0 Å². The SMILES string of the molecule is COc1ccc(/C=C\c2onc(C)c2NC(C)=O)cc1S(=O)(=O)NC[C@@H]1CCCO1. The maximum Gasteiger partial charge on any atom is 0.244 e. The van der Waals surface area contributed by atoms with Crippen LogP contribution in [0, 0.1) is 6.92 Å². The number of rotatable bonds is 8. The largest absolute Gasteiger partial charge is 0.495 e. The molecule has 1 aliphatic heterocycles. The number of ether oxygens (including phenoxy) is 2. The molecular formula is C20H25N3O6S. The standard InChI is InChI=1S/C20H25N3O6S/c1-13-20(22-14(2)24)18(29-23-13)9-7-15-6-8-17(27-3)19(11-15)30(25,26)21-12-16-5-4-10-28-16/h6-9,11,16,21H,4-5,10,12H2,1-3H3,(H,22,24)/b9-7-/t16-/m0/s1. The zero-order chi connectivity index (χ0) is 21.7. The number of anilines is 1. The molecule has 1 aromatic carbocycles. The van der Waals surface area contributed by atoms with E-state index in [0.717, 1.165) is 12.8 Å². The number of carbonyl (C=O) groups is 1. The second kappa shape index (κ2) is 9.41. The van der Waals surface area contributed by atoms with Crippen molar-refractivity contribution in [2.75, 3.05) is 25.6 Å². The zero-order valence-corrected chi connectivity index (χ0v) is 17.9. The first kappa shape index (κ1) is 22.0. The molecule has 2 N–H and O–H groups in total. The first-order chi connectivity index (χ1) is 14.3. The molecule has 1 atom stereocenters. The molecule has 2 aromatic rings. The summed E-state index contributed by atoms with van der Waals surface area (Å²) in [7, 11) is -2.38. The molecule has 1 amide bonds. The van der Waals surface area contributed by atoms with Gasteiger partial charge in [-0.25, -0.2) is 13.1 Å². The number of aryl methyl sites for hydroxylation is 1. The number of aromatic nitrogens is 1. The maximum atomic E-state index is 12.8. The Morgan fingerprint density at radius 2 is 2.17 bits per heavy atom. The van der Waals surface area contributed by atoms with Gasteiger partial charge >= 0.3 is 0 Å². The lowest BCUT2D eigenvalue weighted by Crippen LogP contribution is -2.32. The number of hydrogen-bond donors (Lipinski definition) is 2. The van der Waals surface area contributed by atoms with E-state index >= 15 is 0 Å². The predicted octanol–water partition coefficient (Wildman–Crippen LogP) is 2.58. The minimum Gasteiger partial charge on any atom is -0.495 e. The second-order valence-corrected chi connectivity index (χ2v) is 8.65. The van der Waals surface area contributed by atoms with Crippen LogP contribution in [0.5, 0.6) is 5.75 Å². The van der Waals surface area contributed by atoms with Crippen molar-refractivity contribution in [2.24, 2.45) is 0 Å². The summed E-state index contributed by atoms with van der Waals surface area (Å²) in [5.74, 6) is 0.354. The number of carbonyl (C=O) groups excluding carboxylic acids is 1. The molecule has 0 unspecified atom stereocenters. The number of methoxy groups -OCH3 is 1. The third-order valence-electron chi connectivity index (χ3n) is 4.62.